The quantitative estimate of drug-likeness (QED) is 0.948. The van der Waals surface area contributed by atoms with Crippen LogP contribution in [0.1, 0.15) is 24.8 Å². The first-order valence-electron chi connectivity index (χ1n) is 7.52. The molecule has 0 aliphatic carbocycles. The number of hydrogen-bond donors (Lipinski definition) is 1. The zero-order valence-corrected chi connectivity index (χ0v) is 12.9. The van der Waals surface area contributed by atoms with Crippen LogP contribution in [-0.2, 0) is 16.3 Å². The van der Waals surface area contributed by atoms with E-state index in [4.69, 9.17) is 5.73 Å². The van der Waals surface area contributed by atoms with Gasteiger partial charge in [0.1, 0.15) is 0 Å². The fourth-order valence-corrected chi connectivity index (χ4v) is 5.38. The third kappa shape index (κ3) is 2.97. The van der Waals surface area contributed by atoms with Crippen molar-refractivity contribution < 1.29 is 8.42 Å². The number of nitrogens with two attached hydrogens (primary N) is 1. The van der Waals surface area contributed by atoms with Crippen molar-refractivity contribution in [1.82, 2.24) is 0 Å². The summed E-state index contributed by atoms with van der Waals surface area (Å²) in [5.74, 6) is 0.293. The summed E-state index contributed by atoms with van der Waals surface area (Å²) in [7, 11) is -3.02. The SMILES string of the molecule is NC(Cc1cccc2ccccc12)C1CCCCS1(=O)=O. The molecule has 0 aromatic heterocycles. The molecule has 1 saturated heterocycles. The van der Waals surface area contributed by atoms with Gasteiger partial charge < -0.3 is 5.73 Å². The number of rotatable bonds is 3. The molecule has 1 heterocycles. The van der Waals surface area contributed by atoms with Crippen LogP contribution in [0.2, 0.25) is 0 Å². The van der Waals surface area contributed by atoms with E-state index in [1.807, 2.05) is 18.2 Å². The van der Waals surface area contributed by atoms with Crippen molar-refractivity contribution in [3.05, 3.63) is 48.0 Å². The van der Waals surface area contributed by atoms with E-state index in [1.54, 1.807) is 0 Å². The second kappa shape index (κ2) is 5.78. The number of fused-ring (bicyclic) bond motifs is 1. The van der Waals surface area contributed by atoms with Crippen LogP contribution in [0, 0.1) is 0 Å². The highest BCUT2D eigenvalue weighted by atomic mass is 32.2. The molecule has 112 valence electrons. The van der Waals surface area contributed by atoms with Gasteiger partial charge in [-0.25, -0.2) is 8.42 Å². The molecule has 0 amide bonds. The normalized spacial score (nSPS) is 23.0. The Morgan fingerprint density at radius 2 is 1.86 bits per heavy atom. The molecule has 4 heteroatoms. The van der Waals surface area contributed by atoms with Gasteiger partial charge in [0, 0.05) is 6.04 Å². The number of benzene rings is 2. The van der Waals surface area contributed by atoms with Gasteiger partial charge >= 0.3 is 0 Å². The molecule has 3 rings (SSSR count). The average Bonchev–Trinajstić information content (AvgIpc) is 2.47. The maximum absolute atomic E-state index is 12.2. The van der Waals surface area contributed by atoms with E-state index in [1.165, 1.54) is 10.8 Å². The third-order valence-electron chi connectivity index (χ3n) is 4.44. The topological polar surface area (TPSA) is 60.2 Å². The first-order valence-corrected chi connectivity index (χ1v) is 9.23. The van der Waals surface area contributed by atoms with Crippen molar-refractivity contribution in [3.63, 3.8) is 0 Å². The van der Waals surface area contributed by atoms with Gasteiger partial charge in [-0.05, 0) is 35.6 Å². The molecule has 1 aliphatic heterocycles. The van der Waals surface area contributed by atoms with Crippen LogP contribution < -0.4 is 5.73 Å². The molecule has 0 saturated carbocycles. The summed E-state index contributed by atoms with van der Waals surface area (Å²) in [5.41, 5.74) is 7.41. The fourth-order valence-electron chi connectivity index (χ4n) is 3.32. The Morgan fingerprint density at radius 3 is 2.67 bits per heavy atom. The van der Waals surface area contributed by atoms with Crippen molar-refractivity contribution >= 4 is 20.6 Å². The van der Waals surface area contributed by atoms with Crippen molar-refractivity contribution in [1.29, 1.82) is 0 Å². The highest BCUT2D eigenvalue weighted by molar-refractivity contribution is 7.92. The molecule has 21 heavy (non-hydrogen) atoms. The van der Waals surface area contributed by atoms with Gasteiger partial charge in [0.05, 0.1) is 11.0 Å². The Balaban J connectivity index is 1.88. The zero-order valence-electron chi connectivity index (χ0n) is 12.0. The largest absolute Gasteiger partial charge is 0.326 e. The highest BCUT2D eigenvalue weighted by Gasteiger charge is 2.33. The summed E-state index contributed by atoms with van der Waals surface area (Å²) >= 11 is 0. The van der Waals surface area contributed by atoms with Crippen LogP contribution in [-0.4, -0.2) is 25.5 Å². The maximum atomic E-state index is 12.2. The molecule has 2 aromatic rings. The van der Waals surface area contributed by atoms with Gasteiger partial charge in [-0.15, -0.1) is 0 Å². The lowest BCUT2D eigenvalue weighted by atomic mass is 9.96. The molecule has 0 radical (unpaired) electrons. The van der Waals surface area contributed by atoms with Gasteiger partial charge in [-0.1, -0.05) is 48.9 Å². The van der Waals surface area contributed by atoms with Gasteiger partial charge in [0.2, 0.25) is 0 Å². The standard InChI is InChI=1S/C17H21NO2S/c18-16(17-10-3-4-11-21(17,19)20)12-14-8-5-7-13-6-1-2-9-15(13)14/h1-2,5-9,16-17H,3-4,10-12,18H2. The van der Waals surface area contributed by atoms with Gasteiger partial charge in [-0.3, -0.25) is 0 Å². The van der Waals surface area contributed by atoms with Gasteiger partial charge in [-0.2, -0.15) is 0 Å². The smallest absolute Gasteiger partial charge is 0.154 e. The van der Waals surface area contributed by atoms with E-state index in [9.17, 15) is 8.42 Å². The van der Waals surface area contributed by atoms with E-state index in [0.29, 0.717) is 18.6 Å². The predicted octanol–water partition coefficient (Wildman–Crippen LogP) is 2.68. The molecular formula is C17H21NO2S. The van der Waals surface area contributed by atoms with E-state index in [-0.39, 0.29) is 11.3 Å². The minimum atomic E-state index is -3.02. The first-order chi connectivity index (χ1) is 10.1. The lowest BCUT2D eigenvalue weighted by molar-refractivity contribution is 0.495. The lowest BCUT2D eigenvalue weighted by Gasteiger charge is -2.27. The molecule has 1 fully saturated rings. The number of hydrogen-bond acceptors (Lipinski definition) is 3. The van der Waals surface area contributed by atoms with Crippen LogP contribution in [0.3, 0.4) is 0 Å². The summed E-state index contributed by atoms with van der Waals surface area (Å²) in [6.45, 7) is 0. The Hall–Kier alpha value is -1.39. The molecule has 2 unspecified atom stereocenters. The van der Waals surface area contributed by atoms with E-state index >= 15 is 0 Å². The lowest BCUT2D eigenvalue weighted by Crippen LogP contribution is -2.44. The average molecular weight is 303 g/mol. The minimum Gasteiger partial charge on any atom is -0.326 e. The van der Waals surface area contributed by atoms with Crippen molar-refractivity contribution in [2.24, 2.45) is 5.73 Å². The van der Waals surface area contributed by atoms with E-state index in [2.05, 4.69) is 24.3 Å². The van der Waals surface area contributed by atoms with Crippen molar-refractivity contribution in [2.75, 3.05) is 5.75 Å². The molecule has 2 atom stereocenters. The Kier molecular flexibility index (Phi) is 4.00. The summed E-state index contributed by atoms with van der Waals surface area (Å²) in [6.07, 6.45) is 3.06. The van der Waals surface area contributed by atoms with Gasteiger partial charge in [0.15, 0.2) is 9.84 Å². The van der Waals surface area contributed by atoms with Crippen LogP contribution >= 0.6 is 0 Å². The maximum Gasteiger partial charge on any atom is 0.154 e. The van der Waals surface area contributed by atoms with Crippen LogP contribution in [0.4, 0.5) is 0 Å². The molecule has 2 N–H and O–H groups in total. The van der Waals surface area contributed by atoms with E-state index in [0.717, 1.165) is 18.4 Å². The van der Waals surface area contributed by atoms with Crippen LogP contribution in [0.5, 0.6) is 0 Å². The summed E-state index contributed by atoms with van der Waals surface area (Å²) in [6, 6.07) is 14.0. The fraction of sp³-hybridized carbons (Fsp3) is 0.412. The second-order valence-electron chi connectivity index (χ2n) is 5.91. The Bertz CT molecular complexity index is 734. The summed E-state index contributed by atoms with van der Waals surface area (Å²) in [5, 5.41) is 1.96. The molecule has 3 nitrogen and oxygen atoms in total. The number of sulfone groups is 1. The van der Waals surface area contributed by atoms with Gasteiger partial charge in [0.25, 0.3) is 0 Å². The summed E-state index contributed by atoms with van der Waals surface area (Å²) < 4.78 is 24.4. The van der Waals surface area contributed by atoms with E-state index < -0.39 is 9.84 Å². The van der Waals surface area contributed by atoms with Crippen molar-refractivity contribution in [2.45, 2.75) is 37.0 Å². The third-order valence-corrected chi connectivity index (χ3v) is 6.81. The molecule has 1 aliphatic rings. The van der Waals surface area contributed by atoms with Crippen LogP contribution in [0.25, 0.3) is 10.8 Å². The molecule has 0 bridgehead atoms. The minimum absolute atomic E-state index is 0.293. The van der Waals surface area contributed by atoms with Crippen molar-refractivity contribution in [3.8, 4) is 0 Å². The molecule has 2 aromatic carbocycles. The first kappa shape index (κ1) is 14.5. The zero-order chi connectivity index (χ0) is 14.9. The Morgan fingerprint density at radius 1 is 1.10 bits per heavy atom. The predicted molar refractivity (Wildman–Crippen MR) is 87.1 cm³/mol. The highest BCUT2D eigenvalue weighted by Crippen LogP contribution is 2.25. The molecular weight excluding hydrogens is 282 g/mol. The monoisotopic (exact) mass is 303 g/mol. The Labute approximate surface area is 126 Å². The second-order valence-corrected chi connectivity index (χ2v) is 8.25. The molecule has 0 spiro atoms. The van der Waals surface area contributed by atoms with Crippen LogP contribution in [0.15, 0.2) is 42.5 Å². The summed E-state index contributed by atoms with van der Waals surface area (Å²) in [4.78, 5) is 0.